The van der Waals surface area contributed by atoms with Crippen LogP contribution in [-0.2, 0) is 24.5 Å². The van der Waals surface area contributed by atoms with E-state index in [0.717, 1.165) is 28.6 Å². The minimum atomic E-state index is 0.476. The number of methoxy groups -OCH3 is 1. The van der Waals surface area contributed by atoms with Crippen molar-refractivity contribution in [3.05, 3.63) is 45.9 Å². The van der Waals surface area contributed by atoms with Gasteiger partial charge in [0.05, 0.1) is 26.0 Å². The van der Waals surface area contributed by atoms with Gasteiger partial charge in [-0.15, -0.1) is 11.3 Å². The average molecular weight is 306 g/mol. The SMILES string of the molecule is COc1ccc(COCc2csc(CNC(C)C)n2)cc1. The first-order chi connectivity index (χ1) is 10.2. The number of thiazole rings is 1. The van der Waals surface area contributed by atoms with Gasteiger partial charge in [0.2, 0.25) is 0 Å². The minimum absolute atomic E-state index is 0.476. The van der Waals surface area contributed by atoms with Crippen LogP contribution in [0.1, 0.15) is 30.1 Å². The molecule has 0 aliphatic rings. The number of benzene rings is 1. The molecule has 114 valence electrons. The number of aromatic nitrogens is 1. The Morgan fingerprint density at radius 3 is 2.62 bits per heavy atom. The molecule has 1 N–H and O–H groups in total. The highest BCUT2D eigenvalue weighted by Gasteiger charge is 2.03. The molecule has 0 unspecified atom stereocenters. The van der Waals surface area contributed by atoms with E-state index in [1.165, 1.54) is 0 Å². The largest absolute Gasteiger partial charge is 0.497 e. The summed E-state index contributed by atoms with van der Waals surface area (Å²) >= 11 is 1.67. The molecule has 0 aliphatic carbocycles. The van der Waals surface area contributed by atoms with Crippen molar-refractivity contribution >= 4 is 11.3 Å². The van der Waals surface area contributed by atoms with E-state index >= 15 is 0 Å². The van der Waals surface area contributed by atoms with Crippen LogP contribution in [0, 0.1) is 0 Å². The van der Waals surface area contributed by atoms with Gasteiger partial charge in [0.1, 0.15) is 10.8 Å². The molecule has 4 nitrogen and oxygen atoms in total. The predicted molar refractivity (Wildman–Crippen MR) is 85.6 cm³/mol. The fraction of sp³-hybridized carbons (Fsp3) is 0.438. The Kier molecular flexibility index (Phi) is 6.17. The van der Waals surface area contributed by atoms with E-state index in [1.807, 2.05) is 24.3 Å². The van der Waals surface area contributed by atoms with Crippen LogP contribution in [-0.4, -0.2) is 18.1 Å². The summed E-state index contributed by atoms with van der Waals surface area (Å²) in [6.45, 7) is 6.21. The van der Waals surface area contributed by atoms with Gasteiger partial charge in [-0.3, -0.25) is 0 Å². The van der Waals surface area contributed by atoms with Crippen molar-refractivity contribution in [2.75, 3.05) is 7.11 Å². The highest BCUT2D eigenvalue weighted by atomic mass is 32.1. The van der Waals surface area contributed by atoms with Gasteiger partial charge in [-0.2, -0.15) is 0 Å². The molecule has 0 aliphatic heterocycles. The predicted octanol–water partition coefficient (Wildman–Crippen LogP) is 3.37. The van der Waals surface area contributed by atoms with E-state index < -0.39 is 0 Å². The number of nitrogens with zero attached hydrogens (tertiary/aromatic N) is 1. The van der Waals surface area contributed by atoms with Crippen LogP contribution in [0.15, 0.2) is 29.6 Å². The molecular formula is C16H22N2O2S. The fourth-order valence-corrected chi connectivity index (χ4v) is 2.51. The number of hydrogen-bond acceptors (Lipinski definition) is 5. The smallest absolute Gasteiger partial charge is 0.118 e. The van der Waals surface area contributed by atoms with Crippen LogP contribution in [0.25, 0.3) is 0 Å². The van der Waals surface area contributed by atoms with E-state index in [9.17, 15) is 0 Å². The zero-order chi connectivity index (χ0) is 15.1. The molecule has 2 rings (SSSR count). The average Bonchev–Trinajstić information content (AvgIpc) is 2.94. The third-order valence-corrected chi connectivity index (χ3v) is 3.84. The highest BCUT2D eigenvalue weighted by Crippen LogP contribution is 2.14. The Morgan fingerprint density at radius 2 is 1.95 bits per heavy atom. The second kappa shape index (κ2) is 8.12. The van der Waals surface area contributed by atoms with Crippen molar-refractivity contribution in [1.82, 2.24) is 10.3 Å². The Labute approximate surface area is 130 Å². The fourth-order valence-electron chi connectivity index (χ4n) is 1.78. The molecule has 0 saturated heterocycles. The standard InChI is InChI=1S/C16H22N2O2S/c1-12(2)17-8-16-18-14(11-21-16)10-20-9-13-4-6-15(19-3)7-5-13/h4-7,11-12,17H,8-10H2,1-3H3. The number of hydrogen-bond donors (Lipinski definition) is 1. The Balaban J connectivity index is 1.75. The summed E-state index contributed by atoms with van der Waals surface area (Å²) in [5.41, 5.74) is 2.13. The van der Waals surface area contributed by atoms with E-state index in [1.54, 1.807) is 18.4 Å². The number of nitrogens with one attached hydrogen (secondary N) is 1. The van der Waals surface area contributed by atoms with Crippen LogP contribution < -0.4 is 10.1 Å². The van der Waals surface area contributed by atoms with E-state index in [-0.39, 0.29) is 0 Å². The summed E-state index contributed by atoms with van der Waals surface area (Å²) in [6.07, 6.45) is 0. The zero-order valence-electron chi connectivity index (χ0n) is 12.8. The molecule has 0 spiro atoms. The van der Waals surface area contributed by atoms with Gasteiger partial charge in [-0.1, -0.05) is 26.0 Å². The molecule has 1 aromatic heterocycles. The van der Waals surface area contributed by atoms with Crippen molar-refractivity contribution < 1.29 is 9.47 Å². The lowest BCUT2D eigenvalue weighted by Gasteiger charge is -2.05. The topological polar surface area (TPSA) is 43.4 Å². The Bertz CT molecular complexity index is 537. The van der Waals surface area contributed by atoms with Gasteiger partial charge in [-0.25, -0.2) is 4.98 Å². The molecule has 5 heteroatoms. The molecule has 21 heavy (non-hydrogen) atoms. The van der Waals surface area contributed by atoms with Crippen molar-refractivity contribution in [1.29, 1.82) is 0 Å². The van der Waals surface area contributed by atoms with Crippen LogP contribution in [0.2, 0.25) is 0 Å². The molecule has 0 atom stereocenters. The molecule has 0 radical (unpaired) electrons. The van der Waals surface area contributed by atoms with Gasteiger partial charge >= 0.3 is 0 Å². The van der Waals surface area contributed by atoms with Crippen LogP contribution in [0.5, 0.6) is 5.75 Å². The van der Waals surface area contributed by atoms with Gasteiger partial charge in [-0.05, 0) is 17.7 Å². The van der Waals surface area contributed by atoms with Gasteiger partial charge < -0.3 is 14.8 Å². The Hall–Kier alpha value is -1.43. The molecule has 0 bridgehead atoms. The van der Waals surface area contributed by atoms with E-state index in [2.05, 4.69) is 29.5 Å². The number of rotatable bonds is 8. The monoisotopic (exact) mass is 306 g/mol. The third kappa shape index (κ3) is 5.46. The maximum absolute atomic E-state index is 5.70. The zero-order valence-corrected chi connectivity index (χ0v) is 13.6. The molecule has 1 heterocycles. The van der Waals surface area contributed by atoms with Crippen LogP contribution >= 0.6 is 11.3 Å². The first kappa shape index (κ1) is 15.9. The summed E-state index contributed by atoms with van der Waals surface area (Å²) in [5, 5.41) is 6.53. The van der Waals surface area contributed by atoms with E-state index in [0.29, 0.717) is 19.3 Å². The summed E-state index contributed by atoms with van der Waals surface area (Å²) in [4.78, 5) is 4.55. The lowest BCUT2D eigenvalue weighted by molar-refractivity contribution is 0.105. The Morgan fingerprint density at radius 1 is 1.19 bits per heavy atom. The summed E-state index contributed by atoms with van der Waals surface area (Å²) in [7, 11) is 1.67. The normalized spacial score (nSPS) is 11.0. The van der Waals surface area contributed by atoms with Crippen molar-refractivity contribution in [2.45, 2.75) is 39.6 Å². The lowest BCUT2D eigenvalue weighted by Crippen LogP contribution is -2.21. The third-order valence-electron chi connectivity index (χ3n) is 2.94. The second-order valence-corrected chi connectivity index (χ2v) is 6.05. The highest BCUT2D eigenvalue weighted by molar-refractivity contribution is 7.09. The quantitative estimate of drug-likeness (QED) is 0.812. The summed E-state index contributed by atoms with van der Waals surface area (Å²) < 4.78 is 10.8. The first-order valence-corrected chi connectivity index (χ1v) is 7.92. The maximum atomic E-state index is 5.70. The minimum Gasteiger partial charge on any atom is -0.497 e. The molecule has 1 aromatic carbocycles. The van der Waals surface area contributed by atoms with Crippen molar-refractivity contribution in [3.63, 3.8) is 0 Å². The lowest BCUT2D eigenvalue weighted by atomic mass is 10.2. The van der Waals surface area contributed by atoms with Crippen molar-refractivity contribution in [3.8, 4) is 5.75 Å². The van der Waals surface area contributed by atoms with Crippen LogP contribution in [0.3, 0.4) is 0 Å². The van der Waals surface area contributed by atoms with Crippen LogP contribution in [0.4, 0.5) is 0 Å². The molecule has 0 saturated carbocycles. The van der Waals surface area contributed by atoms with Gasteiger partial charge in [0.15, 0.2) is 0 Å². The van der Waals surface area contributed by atoms with E-state index in [4.69, 9.17) is 9.47 Å². The maximum Gasteiger partial charge on any atom is 0.118 e. The van der Waals surface area contributed by atoms with Gasteiger partial charge in [0, 0.05) is 18.0 Å². The molecular weight excluding hydrogens is 284 g/mol. The summed E-state index contributed by atoms with van der Waals surface area (Å²) in [6, 6.07) is 8.38. The molecule has 0 fully saturated rings. The first-order valence-electron chi connectivity index (χ1n) is 7.04. The molecule has 0 amide bonds. The van der Waals surface area contributed by atoms with Crippen molar-refractivity contribution in [2.24, 2.45) is 0 Å². The molecule has 2 aromatic rings. The van der Waals surface area contributed by atoms with Gasteiger partial charge in [0.25, 0.3) is 0 Å². The summed E-state index contributed by atoms with van der Waals surface area (Å²) in [5.74, 6) is 0.862. The number of ether oxygens (including phenoxy) is 2. The second-order valence-electron chi connectivity index (χ2n) is 5.11.